The van der Waals surface area contributed by atoms with Crippen LogP contribution >= 0.6 is 0 Å². The van der Waals surface area contributed by atoms with Crippen molar-refractivity contribution in [3.8, 4) is 0 Å². The highest BCUT2D eigenvalue weighted by Gasteiger charge is 2.44. The standard InChI is InChI=1S/C16H24O7/c1-4-7-8-9-10-11-12(22-13(17)5-2)15(19)16(20,21)23-14(18)6-3/h5-6,12,20-21H,2-4,7-11H2,1H3. The summed E-state index contributed by atoms with van der Waals surface area (Å²) in [7, 11) is 0. The molecule has 130 valence electrons. The minimum atomic E-state index is -3.39. The van der Waals surface area contributed by atoms with Gasteiger partial charge in [0.25, 0.3) is 5.78 Å². The topological polar surface area (TPSA) is 110 Å². The van der Waals surface area contributed by atoms with Gasteiger partial charge in [-0.1, -0.05) is 45.8 Å². The lowest BCUT2D eigenvalue weighted by molar-refractivity contribution is -0.298. The Morgan fingerprint density at radius 2 is 1.61 bits per heavy atom. The number of hydrogen-bond acceptors (Lipinski definition) is 7. The number of ether oxygens (including phenoxy) is 2. The molecular weight excluding hydrogens is 304 g/mol. The number of carbonyl (C=O) groups excluding carboxylic acids is 3. The third-order valence-corrected chi connectivity index (χ3v) is 3.02. The predicted molar refractivity (Wildman–Crippen MR) is 81.9 cm³/mol. The van der Waals surface area contributed by atoms with E-state index >= 15 is 0 Å². The summed E-state index contributed by atoms with van der Waals surface area (Å²) in [6.45, 7) is 8.34. The summed E-state index contributed by atoms with van der Waals surface area (Å²) < 4.78 is 9.00. The van der Waals surface area contributed by atoms with Crippen LogP contribution in [0, 0.1) is 0 Å². The first kappa shape index (κ1) is 21.0. The summed E-state index contributed by atoms with van der Waals surface area (Å²) in [6, 6.07) is 0. The van der Waals surface area contributed by atoms with Crippen molar-refractivity contribution < 1.29 is 34.1 Å². The molecule has 2 N–H and O–H groups in total. The van der Waals surface area contributed by atoms with Gasteiger partial charge in [-0.2, -0.15) is 0 Å². The van der Waals surface area contributed by atoms with Crippen LogP contribution in [0.5, 0.6) is 0 Å². The number of esters is 2. The highest BCUT2D eigenvalue weighted by Crippen LogP contribution is 2.17. The SMILES string of the molecule is C=CC(=O)OC(CCCCCCC)C(=O)C(O)(O)OC(=O)C=C. The van der Waals surface area contributed by atoms with Crippen LogP contribution in [0.2, 0.25) is 0 Å². The van der Waals surface area contributed by atoms with Crippen LogP contribution in [-0.4, -0.2) is 40.0 Å². The zero-order valence-corrected chi connectivity index (χ0v) is 13.3. The van der Waals surface area contributed by atoms with Crippen molar-refractivity contribution in [1.82, 2.24) is 0 Å². The minimum absolute atomic E-state index is 0.0800. The van der Waals surface area contributed by atoms with Gasteiger partial charge < -0.3 is 19.7 Å². The second-order valence-corrected chi connectivity index (χ2v) is 4.93. The van der Waals surface area contributed by atoms with Gasteiger partial charge in [0.1, 0.15) is 0 Å². The van der Waals surface area contributed by atoms with E-state index in [-0.39, 0.29) is 6.42 Å². The Hall–Kier alpha value is -1.99. The lowest BCUT2D eigenvalue weighted by Crippen LogP contribution is -2.49. The number of rotatable bonds is 12. The maximum absolute atomic E-state index is 12.1. The van der Waals surface area contributed by atoms with Gasteiger partial charge in [0.05, 0.1) is 0 Å². The van der Waals surface area contributed by atoms with Crippen LogP contribution in [0.25, 0.3) is 0 Å². The van der Waals surface area contributed by atoms with Gasteiger partial charge in [0.2, 0.25) is 0 Å². The molecule has 0 heterocycles. The Morgan fingerprint density at radius 1 is 1.04 bits per heavy atom. The lowest BCUT2D eigenvalue weighted by atomic mass is 10.0. The fourth-order valence-corrected chi connectivity index (χ4v) is 1.81. The molecule has 0 aliphatic heterocycles. The van der Waals surface area contributed by atoms with Crippen molar-refractivity contribution in [1.29, 1.82) is 0 Å². The molecule has 0 aromatic rings. The Kier molecular flexibility index (Phi) is 9.76. The molecule has 0 radical (unpaired) electrons. The number of Topliss-reactive ketones (excluding diaryl/α,β-unsaturated/α-hetero) is 1. The molecule has 0 fully saturated rings. The first-order valence-corrected chi connectivity index (χ1v) is 7.46. The molecule has 1 unspecified atom stereocenters. The average molecular weight is 328 g/mol. The molecule has 0 spiro atoms. The number of carbonyl (C=O) groups is 3. The van der Waals surface area contributed by atoms with Crippen molar-refractivity contribution in [3.05, 3.63) is 25.3 Å². The zero-order valence-electron chi connectivity index (χ0n) is 13.3. The maximum atomic E-state index is 12.1. The number of ketones is 1. The van der Waals surface area contributed by atoms with Crippen molar-refractivity contribution >= 4 is 17.7 Å². The predicted octanol–water partition coefficient (Wildman–Crippen LogP) is 1.38. The van der Waals surface area contributed by atoms with Crippen LogP contribution < -0.4 is 0 Å². The Morgan fingerprint density at radius 3 is 2.13 bits per heavy atom. The second kappa shape index (κ2) is 10.7. The molecule has 7 nitrogen and oxygen atoms in total. The molecule has 0 aliphatic carbocycles. The van der Waals surface area contributed by atoms with Gasteiger partial charge in [0.15, 0.2) is 6.10 Å². The average Bonchev–Trinajstić information content (AvgIpc) is 2.51. The normalized spacial score (nSPS) is 12.1. The maximum Gasteiger partial charge on any atom is 0.392 e. The number of aliphatic hydroxyl groups is 2. The largest absolute Gasteiger partial charge is 0.451 e. The molecule has 0 amide bonds. The molecule has 0 aromatic heterocycles. The monoisotopic (exact) mass is 328 g/mol. The van der Waals surface area contributed by atoms with Crippen molar-refractivity contribution in [2.45, 2.75) is 57.5 Å². The van der Waals surface area contributed by atoms with Crippen LogP contribution in [0.1, 0.15) is 45.4 Å². The summed E-state index contributed by atoms with van der Waals surface area (Å²) in [5.41, 5.74) is 0. The highest BCUT2D eigenvalue weighted by atomic mass is 16.8. The first-order valence-electron chi connectivity index (χ1n) is 7.46. The first-order chi connectivity index (χ1) is 10.8. The van der Waals surface area contributed by atoms with Crippen molar-refractivity contribution in [2.75, 3.05) is 0 Å². The van der Waals surface area contributed by atoms with Gasteiger partial charge >= 0.3 is 17.9 Å². The van der Waals surface area contributed by atoms with E-state index in [1.807, 2.05) is 0 Å². The lowest BCUT2D eigenvalue weighted by Gasteiger charge is -2.24. The molecule has 0 rings (SSSR count). The van der Waals surface area contributed by atoms with E-state index < -0.39 is 29.8 Å². The van der Waals surface area contributed by atoms with Gasteiger partial charge in [-0.3, -0.25) is 4.79 Å². The molecule has 0 aromatic carbocycles. The third-order valence-electron chi connectivity index (χ3n) is 3.02. The summed E-state index contributed by atoms with van der Waals surface area (Å²) >= 11 is 0. The molecule has 7 heteroatoms. The van der Waals surface area contributed by atoms with E-state index in [0.29, 0.717) is 12.5 Å². The Labute approximate surface area is 135 Å². The minimum Gasteiger partial charge on any atom is -0.451 e. The van der Waals surface area contributed by atoms with Crippen LogP contribution in [0.15, 0.2) is 25.3 Å². The molecular formula is C16H24O7. The smallest absolute Gasteiger partial charge is 0.392 e. The summed E-state index contributed by atoms with van der Waals surface area (Å²) in [6.07, 6.45) is 4.50. The molecule has 0 saturated heterocycles. The number of hydrogen-bond donors (Lipinski definition) is 2. The van der Waals surface area contributed by atoms with E-state index in [9.17, 15) is 24.6 Å². The molecule has 0 aliphatic rings. The van der Waals surface area contributed by atoms with Gasteiger partial charge in [-0.25, -0.2) is 9.59 Å². The van der Waals surface area contributed by atoms with E-state index in [0.717, 1.165) is 31.8 Å². The van der Waals surface area contributed by atoms with E-state index in [1.165, 1.54) is 0 Å². The molecule has 23 heavy (non-hydrogen) atoms. The summed E-state index contributed by atoms with van der Waals surface area (Å²) in [5, 5.41) is 19.2. The van der Waals surface area contributed by atoms with Crippen molar-refractivity contribution in [2.24, 2.45) is 0 Å². The third kappa shape index (κ3) is 8.27. The Bertz CT molecular complexity index is 440. The summed E-state index contributed by atoms with van der Waals surface area (Å²) in [5.74, 6) is -6.80. The quantitative estimate of drug-likeness (QED) is 0.241. The molecule has 0 saturated carbocycles. The van der Waals surface area contributed by atoms with Gasteiger partial charge in [-0.05, 0) is 12.8 Å². The van der Waals surface area contributed by atoms with Gasteiger partial charge in [-0.15, -0.1) is 0 Å². The van der Waals surface area contributed by atoms with E-state index in [2.05, 4.69) is 24.8 Å². The molecule has 1 atom stereocenters. The van der Waals surface area contributed by atoms with Crippen LogP contribution in [0.3, 0.4) is 0 Å². The molecule has 0 bridgehead atoms. The van der Waals surface area contributed by atoms with Gasteiger partial charge in [0, 0.05) is 12.2 Å². The number of unbranched alkanes of at least 4 members (excludes halogenated alkanes) is 4. The van der Waals surface area contributed by atoms with Crippen LogP contribution in [-0.2, 0) is 23.9 Å². The fourth-order valence-electron chi connectivity index (χ4n) is 1.81. The summed E-state index contributed by atoms with van der Waals surface area (Å²) in [4.78, 5) is 34.4. The zero-order chi connectivity index (χ0) is 17.9. The second-order valence-electron chi connectivity index (χ2n) is 4.93. The van der Waals surface area contributed by atoms with E-state index in [1.54, 1.807) is 0 Å². The van der Waals surface area contributed by atoms with E-state index in [4.69, 9.17) is 4.74 Å². The fraction of sp³-hybridized carbons (Fsp3) is 0.562. The highest BCUT2D eigenvalue weighted by molar-refractivity contribution is 5.93. The van der Waals surface area contributed by atoms with Crippen molar-refractivity contribution in [3.63, 3.8) is 0 Å². The Balaban J connectivity index is 4.84. The van der Waals surface area contributed by atoms with Crippen LogP contribution in [0.4, 0.5) is 0 Å².